The minimum absolute atomic E-state index is 0.0329. The molecule has 0 bridgehead atoms. The number of amides is 1. The van der Waals surface area contributed by atoms with Crippen molar-refractivity contribution in [1.29, 1.82) is 0 Å². The van der Waals surface area contributed by atoms with Crippen molar-refractivity contribution in [1.82, 2.24) is 20.4 Å². The van der Waals surface area contributed by atoms with Gasteiger partial charge in [-0.25, -0.2) is 0 Å². The molecule has 0 aliphatic carbocycles. The summed E-state index contributed by atoms with van der Waals surface area (Å²) in [7, 11) is 0. The van der Waals surface area contributed by atoms with E-state index in [9.17, 15) is 4.79 Å². The number of halogens is 1. The van der Waals surface area contributed by atoms with Crippen LogP contribution in [0.1, 0.15) is 24.3 Å². The van der Waals surface area contributed by atoms with E-state index in [1.807, 2.05) is 55.5 Å². The maximum Gasteiger partial charge on any atom is 0.241 e. The van der Waals surface area contributed by atoms with E-state index in [0.717, 1.165) is 41.7 Å². The molecule has 1 N–H and O–H groups in total. The SMILES string of the molecule is Cc1ccc(OCCNC(=O)C2CCN(Cc3nc(-c4cccc(Br)c4)no3)CC2)cc1. The Morgan fingerprint density at radius 3 is 2.75 bits per heavy atom. The van der Waals surface area contributed by atoms with Gasteiger partial charge in [-0.15, -0.1) is 0 Å². The second kappa shape index (κ2) is 10.7. The van der Waals surface area contributed by atoms with E-state index in [-0.39, 0.29) is 11.8 Å². The van der Waals surface area contributed by atoms with Crippen LogP contribution in [0.4, 0.5) is 0 Å². The molecule has 0 atom stereocenters. The first kappa shape index (κ1) is 22.5. The number of benzene rings is 2. The lowest BCUT2D eigenvalue weighted by molar-refractivity contribution is -0.126. The average Bonchev–Trinajstić information content (AvgIpc) is 3.27. The van der Waals surface area contributed by atoms with Gasteiger partial charge in [0, 0.05) is 16.0 Å². The van der Waals surface area contributed by atoms with Crippen LogP contribution in [0.5, 0.6) is 5.75 Å². The maximum atomic E-state index is 12.5. The number of likely N-dealkylation sites (tertiary alicyclic amines) is 1. The van der Waals surface area contributed by atoms with Crippen molar-refractivity contribution in [3.8, 4) is 17.1 Å². The van der Waals surface area contributed by atoms with Crippen LogP contribution < -0.4 is 10.1 Å². The highest BCUT2D eigenvalue weighted by molar-refractivity contribution is 9.10. The summed E-state index contributed by atoms with van der Waals surface area (Å²) >= 11 is 3.46. The van der Waals surface area contributed by atoms with Crippen LogP contribution in [0.15, 0.2) is 57.5 Å². The van der Waals surface area contributed by atoms with Gasteiger partial charge in [0.05, 0.1) is 13.1 Å². The van der Waals surface area contributed by atoms with Crippen LogP contribution in [0.25, 0.3) is 11.4 Å². The van der Waals surface area contributed by atoms with E-state index in [1.54, 1.807) is 0 Å². The molecule has 1 aliphatic rings. The highest BCUT2D eigenvalue weighted by Crippen LogP contribution is 2.22. The summed E-state index contributed by atoms with van der Waals surface area (Å²) in [5.41, 5.74) is 2.11. The third kappa shape index (κ3) is 6.17. The summed E-state index contributed by atoms with van der Waals surface area (Å²) in [5, 5.41) is 7.09. The number of hydrogen-bond donors (Lipinski definition) is 1. The van der Waals surface area contributed by atoms with Gasteiger partial charge >= 0.3 is 0 Å². The minimum atomic E-state index is 0.0329. The zero-order valence-electron chi connectivity index (χ0n) is 18.1. The van der Waals surface area contributed by atoms with E-state index < -0.39 is 0 Å². The van der Waals surface area contributed by atoms with E-state index in [4.69, 9.17) is 9.26 Å². The number of nitrogens with zero attached hydrogens (tertiary/aromatic N) is 3. The largest absolute Gasteiger partial charge is 0.492 e. The molecule has 0 unspecified atom stereocenters. The molecule has 168 valence electrons. The predicted octanol–water partition coefficient (Wildman–Crippen LogP) is 4.21. The predicted molar refractivity (Wildman–Crippen MR) is 125 cm³/mol. The van der Waals surface area contributed by atoms with Gasteiger partial charge in [0.15, 0.2) is 0 Å². The first-order valence-corrected chi connectivity index (χ1v) is 11.6. The number of nitrogens with one attached hydrogen (secondary N) is 1. The molecule has 0 radical (unpaired) electrons. The van der Waals surface area contributed by atoms with Crippen LogP contribution in [-0.2, 0) is 11.3 Å². The lowest BCUT2D eigenvalue weighted by Gasteiger charge is -2.30. The number of aromatic nitrogens is 2. The Balaban J connectivity index is 1.17. The van der Waals surface area contributed by atoms with Crippen LogP contribution in [0.3, 0.4) is 0 Å². The van der Waals surface area contributed by atoms with E-state index in [0.29, 0.717) is 31.4 Å². The van der Waals surface area contributed by atoms with Crippen molar-refractivity contribution in [2.24, 2.45) is 5.92 Å². The number of piperidine rings is 1. The average molecular weight is 499 g/mol. The van der Waals surface area contributed by atoms with Crippen molar-refractivity contribution >= 4 is 21.8 Å². The smallest absolute Gasteiger partial charge is 0.241 e. The van der Waals surface area contributed by atoms with Crippen molar-refractivity contribution in [3.05, 3.63) is 64.5 Å². The molecule has 1 aliphatic heterocycles. The fourth-order valence-corrected chi connectivity index (χ4v) is 4.13. The van der Waals surface area contributed by atoms with Gasteiger partial charge in [-0.1, -0.05) is 50.9 Å². The van der Waals surface area contributed by atoms with E-state index >= 15 is 0 Å². The zero-order valence-corrected chi connectivity index (χ0v) is 19.7. The summed E-state index contributed by atoms with van der Waals surface area (Å²) in [6, 6.07) is 15.7. The highest BCUT2D eigenvalue weighted by Gasteiger charge is 2.25. The van der Waals surface area contributed by atoms with Crippen molar-refractivity contribution in [3.63, 3.8) is 0 Å². The summed E-state index contributed by atoms with van der Waals surface area (Å²) < 4.78 is 12.1. The Morgan fingerprint density at radius 1 is 1.22 bits per heavy atom. The molecule has 4 rings (SSSR count). The molecule has 1 saturated heterocycles. The molecule has 0 saturated carbocycles. The van der Waals surface area contributed by atoms with Crippen molar-refractivity contribution in [2.75, 3.05) is 26.2 Å². The first-order chi connectivity index (χ1) is 15.6. The van der Waals surface area contributed by atoms with E-state index in [2.05, 4.69) is 36.3 Å². The quantitative estimate of drug-likeness (QED) is 0.468. The minimum Gasteiger partial charge on any atom is -0.492 e. The normalized spacial score (nSPS) is 14.9. The second-order valence-electron chi connectivity index (χ2n) is 8.03. The van der Waals surface area contributed by atoms with Gasteiger partial charge < -0.3 is 14.6 Å². The number of hydrogen-bond acceptors (Lipinski definition) is 6. The molecule has 2 aromatic carbocycles. The molecule has 3 aromatic rings. The third-order valence-electron chi connectivity index (χ3n) is 5.56. The van der Waals surface area contributed by atoms with Gasteiger partial charge in [0.2, 0.25) is 17.6 Å². The number of carbonyl (C=O) groups excluding carboxylic acids is 1. The number of aryl methyl sites for hydroxylation is 1. The number of rotatable bonds is 8. The first-order valence-electron chi connectivity index (χ1n) is 10.8. The summed E-state index contributed by atoms with van der Waals surface area (Å²) in [6.45, 7) is 5.26. The Kier molecular flexibility index (Phi) is 7.55. The van der Waals surface area contributed by atoms with Crippen molar-refractivity contribution in [2.45, 2.75) is 26.3 Å². The second-order valence-corrected chi connectivity index (χ2v) is 8.94. The van der Waals surface area contributed by atoms with Gasteiger partial charge in [0.25, 0.3) is 0 Å². The number of ether oxygens (including phenoxy) is 1. The lowest BCUT2D eigenvalue weighted by atomic mass is 9.96. The molecule has 2 heterocycles. The lowest BCUT2D eigenvalue weighted by Crippen LogP contribution is -2.41. The van der Waals surface area contributed by atoms with Gasteiger partial charge in [0.1, 0.15) is 12.4 Å². The third-order valence-corrected chi connectivity index (χ3v) is 6.05. The van der Waals surface area contributed by atoms with Crippen LogP contribution >= 0.6 is 15.9 Å². The molecule has 7 nitrogen and oxygen atoms in total. The van der Waals surface area contributed by atoms with Gasteiger partial charge in [-0.3, -0.25) is 9.69 Å². The molecule has 1 aromatic heterocycles. The molecular formula is C24H27BrN4O3. The Hall–Kier alpha value is -2.71. The van der Waals surface area contributed by atoms with Gasteiger partial charge in [-0.2, -0.15) is 4.98 Å². The van der Waals surface area contributed by atoms with Crippen molar-refractivity contribution < 1.29 is 14.1 Å². The highest BCUT2D eigenvalue weighted by atomic mass is 79.9. The molecule has 8 heteroatoms. The Morgan fingerprint density at radius 2 is 2.00 bits per heavy atom. The van der Waals surface area contributed by atoms with Gasteiger partial charge in [-0.05, 0) is 57.1 Å². The fourth-order valence-electron chi connectivity index (χ4n) is 3.73. The fraction of sp³-hybridized carbons (Fsp3) is 0.375. The summed E-state index contributed by atoms with van der Waals surface area (Å²) in [6.07, 6.45) is 1.63. The Labute approximate surface area is 196 Å². The Bertz CT molecular complexity index is 1030. The standard InChI is InChI=1S/C24H27BrN4O3/c1-17-5-7-21(8-6-17)31-14-11-26-24(30)18-9-12-29(13-10-18)16-22-27-23(28-32-22)19-3-2-4-20(25)15-19/h2-8,15,18H,9-14,16H2,1H3,(H,26,30). The summed E-state index contributed by atoms with van der Waals surface area (Å²) in [4.78, 5) is 19.2. The monoisotopic (exact) mass is 498 g/mol. The number of carbonyl (C=O) groups is 1. The molecule has 1 fully saturated rings. The molecule has 0 spiro atoms. The maximum absolute atomic E-state index is 12.5. The van der Waals surface area contributed by atoms with Crippen LogP contribution in [0, 0.1) is 12.8 Å². The van der Waals surface area contributed by atoms with Crippen LogP contribution in [0.2, 0.25) is 0 Å². The molecule has 32 heavy (non-hydrogen) atoms. The van der Waals surface area contributed by atoms with E-state index in [1.165, 1.54) is 5.56 Å². The molecular weight excluding hydrogens is 472 g/mol. The van der Waals surface area contributed by atoms with Crippen LogP contribution in [-0.4, -0.2) is 47.2 Å². The topological polar surface area (TPSA) is 80.5 Å². The molecule has 1 amide bonds. The zero-order chi connectivity index (χ0) is 22.3. The summed E-state index contributed by atoms with van der Waals surface area (Å²) in [5.74, 6) is 2.14.